The van der Waals surface area contributed by atoms with E-state index in [2.05, 4.69) is 0 Å². The number of esters is 1. The highest BCUT2D eigenvalue weighted by atomic mass is 32.1. The van der Waals surface area contributed by atoms with Crippen molar-refractivity contribution in [2.24, 2.45) is 0 Å². The molecule has 2 N–H and O–H groups in total. The Kier molecular flexibility index (Phi) is 2.46. The van der Waals surface area contributed by atoms with Crippen molar-refractivity contribution in [1.82, 2.24) is 0 Å². The molecule has 3 nitrogen and oxygen atoms in total. The summed E-state index contributed by atoms with van der Waals surface area (Å²) in [4.78, 5) is 12.1. The van der Waals surface area contributed by atoms with E-state index in [1.54, 1.807) is 0 Å². The summed E-state index contributed by atoms with van der Waals surface area (Å²) in [5.41, 5.74) is 8.18. The van der Waals surface area contributed by atoms with E-state index < -0.39 is 0 Å². The maximum atomic E-state index is 11.4. The van der Waals surface area contributed by atoms with Crippen molar-refractivity contribution in [3.05, 3.63) is 16.0 Å². The first-order valence-electron chi connectivity index (χ1n) is 4.72. The van der Waals surface area contributed by atoms with Gasteiger partial charge in [-0.2, -0.15) is 0 Å². The molecular formula is C10H13NO2S. The van der Waals surface area contributed by atoms with Gasteiger partial charge in [-0.05, 0) is 36.8 Å². The number of fused-ring (bicyclic) bond motifs is 1. The maximum Gasteiger partial charge on any atom is 0.348 e. The van der Waals surface area contributed by atoms with Crippen LogP contribution in [0.15, 0.2) is 0 Å². The Hall–Kier alpha value is -1.03. The van der Waals surface area contributed by atoms with E-state index >= 15 is 0 Å². The van der Waals surface area contributed by atoms with Crippen molar-refractivity contribution in [2.45, 2.75) is 25.7 Å². The average molecular weight is 211 g/mol. The predicted octanol–water partition coefficient (Wildman–Crippen LogP) is 2.00. The number of carbonyl (C=O) groups excluding carboxylic acids is 1. The monoisotopic (exact) mass is 211 g/mol. The third-order valence-electron chi connectivity index (χ3n) is 2.62. The molecule has 0 amide bonds. The van der Waals surface area contributed by atoms with Crippen molar-refractivity contribution >= 4 is 22.3 Å². The largest absolute Gasteiger partial charge is 0.465 e. The van der Waals surface area contributed by atoms with Gasteiger partial charge in [-0.3, -0.25) is 0 Å². The van der Waals surface area contributed by atoms with Crippen LogP contribution in [0, 0.1) is 0 Å². The Morgan fingerprint density at radius 3 is 2.64 bits per heavy atom. The topological polar surface area (TPSA) is 52.3 Å². The predicted molar refractivity (Wildman–Crippen MR) is 56.7 cm³/mol. The summed E-state index contributed by atoms with van der Waals surface area (Å²) >= 11 is 1.37. The first-order chi connectivity index (χ1) is 6.74. The van der Waals surface area contributed by atoms with Crippen LogP contribution in [-0.4, -0.2) is 13.1 Å². The molecule has 1 aromatic heterocycles. The van der Waals surface area contributed by atoms with Gasteiger partial charge in [0.05, 0.1) is 12.1 Å². The zero-order valence-electron chi connectivity index (χ0n) is 8.13. The second-order valence-corrected chi connectivity index (χ2v) is 4.50. The highest BCUT2D eigenvalue weighted by Gasteiger charge is 2.23. The molecule has 1 aliphatic rings. The van der Waals surface area contributed by atoms with E-state index in [-0.39, 0.29) is 5.97 Å². The summed E-state index contributed by atoms with van der Waals surface area (Å²) in [6.45, 7) is 0. The molecule has 2 rings (SSSR count). The highest BCUT2D eigenvalue weighted by molar-refractivity contribution is 7.18. The van der Waals surface area contributed by atoms with Gasteiger partial charge in [0.25, 0.3) is 0 Å². The zero-order chi connectivity index (χ0) is 10.1. The summed E-state index contributed by atoms with van der Waals surface area (Å²) < 4.78 is 4.73. The van der Waals surface area contributed by atoms with Gasteiger partial charge in [-0.25, -0.2) is 4.79 Å². The van der Waals surface area contributed by atoms with Crippen molar-refractivity contribution in [2.75, 3.05) is 12.8 Å². The number of nitrogens with two attached hydrogens (primary N) is 1. The SMILES string of the molecule is COC(=O)c1sc(N)c2c1CCCC2. The quantitative estimate of drug-likeness (QED) is 0.723. The highest BCUT2D eigenvalue weighted by Crippen LogP contribution is 2.36. The Morgan fingerprint density at radius 1 is 1.36 bits per heavy atom. The van der Waals surface area contributed by atoms with E-state index in [1.807, 2.05) is 0 Å². The first kappa shape index (κ1) is 9.52. The number of hydrogen-bond acceptors (Lipinski definition) is 4. The molecule has 0 radical (unpaired) electrons. The van der Waals surface area contributed by atoms with E-state index in [9.17, 15) is 4.79 Å². The van der Waals surface area contributed by atoms with E-state index in [4.69, 9.17) is 10.5 Å². The lowest BCUT2D eigenvalue weighted by molar-refractivity contribution is 0.0605. The number of ether oxygens (including phenoxy) is 1. The fourth-order valence-corrected chi connectivity index (χ4v) is 3.00. The number of anilines is 1. The van der Waals surface area contributed by atoms with E-state index in [0.29, 0.717) is 4.88 Å². The Bertz CT molecular complexity index is 370. The average Bonchev–Trinajstić information content (AvgIpc) is 2.56. The second-order valence-electron chi connectivity index (χ2n) is 3.45. The molecule has 4 heteroatoms. The van der Waals surface area contributed by atoms with Gasteiger partial charge >= 0.3 is 5.97 Å². The van der Waals surface area contributed by atoms with Gasteiger partial charge in [0.15, 0.2) is 0 Å². The number of carbonyl (C=O) groups is 1. The van der Waals surface area contributed by atoms with Gasteiger partial charge in [-0.15, -0.1) is 11.3 Å². The Labute approximate surface area is 86.9 Å². The smallest absolute Gasteiger partial charge is 0.348 e. The number of rotatable bonds is 1. The van der Waals surface area contributed by atoms with Crippen LogP contribution in [0.5, 0.6) is 0 Å². The summed E-state index contributed by atoms with van der Waals surface area (Å²) in [6.07, 6.45) is 4.30. The molecule has 0 aliphatic heterocycles. The lowest BCUT2D eigenvalue weighted by atomic mass is 9.93. The minimum Gasteiger partial charge on any atom is -0.465 e. The minimum atomic E-state index is -0.246. The number of thiophene rings is 1. The maximum absolute atomic E-state index is 11.4. The molecule has 14 heavy (non-hydrogen) atoms. The van der Waals surface area contributed by atoms with Gasteiger partial charge in [0.2, 0.25) is 0 Å². The normalized spacial score (nSPS) is 14.9. The van der Waals surface area contributed by atoms with Crippen molar-refractivity contribution in [3.8, 4) is 0 Å². The van der Waals surface area contributed by atoms with Crippen LogP contribution in [0.3, 0.4) is 0 Å². The lowest BCUT2D eigenvalue weighted by Gasteiger charge is -2.12. The van der Waals surface area contributed by atoms with Crippen LogP contribution >= 0.6 is 11.3 Å². The molecule has 76 valence electrons. The summed E-state index contributed by atoms with van der Waals surface area (Å²) in [7, 11) is 1.41. The third kappa shape index (κ3) is 1.39. The molecular weight excluding hydrogens is 198 g/mol. The van der Waals surface area contributed by atoms with Gasteiger partial charge in [0, 0.05) is 0 Å². The first-order valence-corrected chi connectivity index (χ1v) is 5.54. The fraction of sp³-hybridized carbons (Fsp3) is 0.500. The molecule has 0 saturated carbocycles. The molecule has 0 bridgehead atoms. The van der Waals surface area contributed by atoms with E-state index in [0.717, 1.165) is 29.8 Å². The molecule has 0 saturated heterocycles. The number of nitrogen functional groups attached to an aromatic ring is 1. The van der Waals surface area contributed by atoms with Gasteiger partial charge in [-0.1, -0.05) is 0 Å². The van der Waals surface area contributed by atoms with Crippen LogP contribution in [0.2, 0.25) is 0 Å². The van der Waals surface area contributed by atoms with E-state index in [1.165, 1.54) is 30.4 Å². The second kappa shape index (κ2) is 3.61. The molecule has 0 spiro atoms. The number of hydrogen-bond donors (Lipinski definition) is 1. The summed E-state index contributed by atoms with van der Waals surface area (Å²) in [5, 5.41) is 0.792. The van der Waals surface area contributed by atoms with Crippen molar-refractivity contribution < 1.29 is 9.53 Å². The van der Waals surface area contributed by atoms with Crippen molar-refractivity contribution in [3.63, 3.8) is 0 Å². The molecule has 0 aromatic carbocycles. The molecule has 1 aliphatic carbocycles. The van der Waals surface area contributed by atoms with Gasteiger partial charge in [0.1, 0.15) is 4.88 Å². The molecule has 1 heterocycles. The van der Waals surface area contributed by atoms with Crippen LogP contribution in [0.25, 0.3) is 0 Å². The summed E-state index contributed by atoms with van der Waals surface area (Å²) in [6, 6.07) is 0. The standard InChI is InChI=1S/C10H13NO2S/c1-13-10(12)8-6-4-2-3-5-7(6)9(11)14-8/h2-5,11H2,1H3. The molecule has 0 fully saturated rings. The third-order valence-corrected chi connectivity index (χ3v) is 3.71. The Morgan fingerprint density at radius 2 is 2.00 bits per heavy atom. The molecule has 0 unspecified atom stereocenters. The van der Waals surface area contributed by atoms with Gasteiger partial charge < -0.3 is 10.5 Å². The van der Waals surface area contributed by atoms with Crippen LogP contribution in [0.4, 0.5) is 5.00 Å². The van der Waals surface area contributed by atoms with Crippen molar-refractivity contribution in [1.29, 1.82) is 0 Å². The number of methoxy groups -OCH3 is 1. The van der Waals surface area contributed by atoms with Crippen LogP contribution < -0.4 is 5.73 Å². The fourth-order valence-electron chi connectivity index (χ4n) is 1.92. The minimum absolute atomic E-state index is 0.246. The van der Waals surface area contributed by atoms with Crippen LogP contribution in [0.1, 0.15) is 33.6 Å². The summed E-state index contributed by atoms with van der Waals surface area (Å²) in [5.74, 6) is -0.246. The van der Waals surface area contributed by atoms with Crippen LogP contribution in [-0.2, 0) is 17.6 Å². The molecule has 1 aromatic rings. The Balaban J connectivity index is 2.46. The lowest BCUT2D eigenvalue weighted by Crippen LogP contribution is -2.07. The molecule has 0 atom stereocenters. The zero-order valence-corrected chi connectivity index (χ0v) is 8.95.